The van der Waals surface area contributed by atoms with Crippen molar-refractivity contribution in [2.75, 3.05) is 5.73 Å². The molecule has 4 heteroatoms. The standard InChI is InChI=1S/C9H10F3N/c1-5-3-7(13)4-6(2)8(5)9(10,11)12/h3-4H,13H2,1-2H3. The van der Waals surface area contributed by atoms with Crippen molar-refractivity contribution in [2.24, 2.45) is 0 Å². The summed E-state index contributed by atoms with van der Waals surface area (Å²) in [6, 6.07) is 2.66. The van der Waals surface area contributed by atoms with Crippen molar-refractivity contribution in [3.63, 3.8) is 0 Å². The van der Waals surface area contributed by atoms with Gasteiger partial charge < -0.3 is 5.73 Å². The molecule has 0 heterocycles. The largest absolute Gasteiger partial charge is 0.416 e. The van der Waals surface area contributed by atoms with Crippen molar-refractivity contribution >= 4 is 5.69 Å². The lowest BCUT2D eigenvalue weighted by Gasteiger charge is -2.13. The van der Waals surface area contributed by atoms with Crippen molar-refractivity contribution in [2.45, 2.75) is 20.0 Å². The average molecular weight is 189 g/mol. The summed E-state index contributed by atoms with van der Waals surface area (Å²) in [5.41, 5.74) is 5.53. The van der Waals surface area contributed by atoms with Crippen molar-refractivity contribution < 1.29 is 13.2 Å². The zero-order chi connectivity index (χ0) is 10.2. The van der Waals surface area contributed by atoms with Crippen LogP contribution < -0.4 is 5.73 Å². The summed E-state index contributed by atoms with van der Waals surface area (Å²) in [5, 5.41) is 0. The second-order valence-electron chi connectivity index (χ2n) is 3.03. The highest BCUT2D eigenvalue weighted by Crippen LogP contribution is 2.35. The fourth-order valence-corrected chi connectivity index (χ4v) is 1.44. The number of hydrogen-bond donors (Lipinski definition) is 1. The van der Waals surface area contributed by atoms with Crippen LogP contribution in [0.15, 0.2) is 12.1 Å². The Hall–Kier alpha value is -1.19. The van der Waals surface area contributed by atoms with Gasteiger partial charge in [-0.2, -0.15) is 13.2 Å². The van der Waals surface area contributed by atoms with Crippen LogP contribution in [0.5, 0.6) is 0 Å². The van der Waals surface area contributed by atoms with Crippen molar-refractivity contribution in [3.05, 3.63) is 28.8 Å². The Balaban J connectivity index is 3.38. The monoisotopic (exact) mass is 189 g/mol. The number of hydrogen-bond acceptors (Lipinski definition) is 1. The van der Waals surface area contributed by atoms with Gasteiger partial charge in [0, 0.05) is 5.69 Å². The molecule has 0 atom stereocenters. The van der Waals surface area contributed by atoms with Crippen LogP contribution >= 0.6 is 0 Å². The van der Waals surface area contributed by atoms with Crippen LogP contribution in [0.2, 0.25) is 0 Å². The number of aryl methyl sites for hydroxylation is 2. The molecule has 0 radical (unpaired) electrons. The second-order valence-corrected chi connectivity index (χ2v) is 3.03. The molecule has 0 spiro atoms. The molecule has 0 saturated carbocycles. The maximum absolute atomic E-state index is 12.4. The number of nitrogens with two attached hydrogens (primary N) is 1. The van der Waals surface area contributed by atoms with E-state index in [1.807, 2.05) is 0 Å². The van der Waals surface area contributed by atoms with E-state index in [0.29, 0.717) is 5.69 Å². The van der Waals surface area contributed by atoms with E-state index >= 15 is 0 Å². The normalized spacial score (nSPS) is 11.8. The first-order valence-corrected chi connectivity index (χ1v) is 3.76. The van der Waals surface area contributed by atoms with Crippen molar-refractivity contribution in [3.8, 4) is 0 Å². The average Bonchev–Trinajstić information content (AvgIpc) is 1.78. The van der Waals surface area contributed by atoms with Gasteiger partial charge in [-0.3, -0.25) is 0 Å². The van der Waals surface area contributed by atoms with Crippen LogP contribution in [-0.4, -0.2) is 0 Å². The van der Waals surface area contributed by atoms with E-state index in [4.69, 9.17) is 5.73 Å². The molecular formula is C9H10F3N. The molecule has 13 heavy (non-hydrogen) atoms. The second kappa shape index (κ2) is 2.94. The number of anilines is 1. The van der Waals surface area contributed by atoms with Gasteiger partial charge in [0.2, 0.25) is 0 Å². The van der Waals surface area contributed by atoms with E-state index in [0.717, 1.165) is 0 Å². The zero-order valence-corrected chi connectivity index (χ0v) is 7.37. The third-order valence-corrected chi connectivity index (χ3v) is 1.84. The Labute approximate surface area is 74.4 Å². The Morgan fingerprint density at radius 2 is 1.46 bits per heavy atom. The molecule has 0 saturated heterocycles. The van der Waals surface area contributed by atoms with E-state index in [-0.39, 0.29) is 11.1 Å². The molecule has 1 nitrogen and oxygen atoms in total. The molecule has 0 bridgehead atoms. The summed E-state index contributed by atoms with van der Waals surface area (Å²) in [5.74, 6) is 0. The van der Waals surface area contributed by atoms with Crippen molar-refractivity contribution in [1.29, 1.82) is 0 Å². The van der Waals surface area contributed by atoms with Gasteiger partial charge in [0.25, 0.3) is 0 Å². The molecule has 0 aliphatic rings. The van der Waals surface area contributed by atoms with E-state index < -0.39 is 11.7 Å². The Morgan fingerprint density at radius 3 is 1.77 bits per heavy atom. The Bertz CT molecular complexity index is 305. The van der Waals surface area contributed by atoms with Gasteiger partial charge in [0.1, 0.15) is 0 Å². The highest BCUT2D eigenvalue weighted by Gasteiger charge is 2.34. The minimum atomic E-state index is -4.29. The van der Waals surface area contributed by atoms with Crippen LogP contribution in [0.25, 0.3) is 0 Å². The number of benzene rings is 1. The Morgan fingerprint density at radius 1 is 1.08 bits per heavy atom. The van der Waals surface area contributed by atoms with Crippen LogP contribution in [0.3, 0.4) is 0 Å². The lowest BCUT2D eigenvalue weighted by Crippen LogP contribution is -2.10. The van der Waals surface area contributed by atoms with Crippen LogP contribution in [0, 0.1) is 13.8 Å². The predicted molar refractivity (Wildman–Crippen MR) is 45.3 cm³/mol. The van der Waals surface area contributed by atoms with E-state index in [9.17, 15) is 13.2 Å². The Kier molecular flexibility index (Phi) is 2.24. The molecule has 0 unspecified atom stereocenters. The molecule has 1 aromatic rings. The third-order valence-electron chi connectivity index (χ3n) is 1.84. The summed E-state index contributed by atoms with van der Waals surface area (Å²) >= 11 is 0. The minimum Gasteiger partial charge on any atom is -0.399 e. The van der Waals surface area contributed by atoms with Gasteiger partial charge >= 0.3 is 6.18 Å². The molecule has 0 aliphatic heterocycles. The zero-order valence-electron chi connectivity index (χ0n) is 7.37. The highest BCUT2D eigenvalue weighted by atomic mass is 19.4. The topological polar surface area (TPSA) is 26.0 Å². The highest BCUT2D eigenvalue weighted by molar-refractivity contribution is 5.49. The predicted octanol–water partition coefficient (Wildman–Crippen LogP) is 2.90. The van der Waals surface area contributed by atoms with E-state index in [1.165, 1.54) is 26.0 Å². The first kappa shape index (κ1) is 9.89. The van der Waals surface area contributed by atoms with Gasteiger partial charge in [0.05, 0.1) is 5.56 Å². The molecule has 1 rings (SSSR count). The molecule has 2 N–H and O–H groups in total. The molecule has 0 amide bonds. The van der Waals surface area contributed by atoms with Crippen LogP contribution in [0.1, 0.15) is 16.7 Å². The first-order valence-electron chi connectivity index (χ1n) is 3.76. The number of alkyl halides is 3. The third kappa shape index (κ3) is 1.94. The molecule has 0 aliphatic carbocycles. The summed E-state index contributed by atoms with van der Waals surface area (Å²) in [6.45, 7) is 2.82. The molecule has 0 fully saturated rings. The van der Waals surface area contributed by atoms with Gasteiger partial charge in [0.15, 0.2) is 0 Å². The lowest BCUT2D eigenvalue weighted by atomic mass is 10.0. The van der Waals surface area contributed by atoms with Gasteiger partial charge in [-0.1, -0.05) is 0 Å². The summed E-state index contributed by atoms with van der Waals surface area (Å²) in [4.78, 5) is 0. The maximum Gasteiger partial charge on any atom is 0.416 e. The lowest BCUT2D eigenvalue weighted by molar-refractivity contribution is -0.138. The van der Waals surface area contributed by atoms with Gasteiger partial charge in [-0.25, -0.2) is 0 Å². The number of nitrogen functional groups attached to an aromatic ring is 1. The summed E-state index contributed by atoms with van der Waals surface area (Å²) < 4.78 is 37.2. The van der Waals surface area contributed by atoms with Crippen molar-refractivity contribution in [1.82, 2.24) is 0 Å². The van der Waals surface area contributed by atoms with E-state index in [2.05, 4.69) is 0 Å². The van der Waals surface area contributed by atoms with Gasteiger partial charge in [-0.15, -0.1) is 0 Å². The fraction of sp³-hybridized carbons (Fsp3) is 0.333. The maximum atomic E-state index is 12.4. The smallest absolute Gasteiger partial charge is 0.399 e. The quantitative estimate of drug-likeness (QED) is 0.624. The SMILES string of the molecule is Cc1cc(N)cc(C)c1C(F)(F)F. The fourth-order valence-electron chi connectivity index (χ4n) is 1.44. The minimum absolute atomic E-state index is 0.171. The molecule has 0 aromatic heterocycles. The van der Waals surface area contributed by atoms with E-state index in [1.54, 1.807) is 0 Å². The number of rotatable bonds is 0. The summed E-state index contributed by atoms with van der Waals surface area (Å²) in [7, 11) is 0. The van der Waals surface area contributed by atoms with Crippen LogP contribution in [-0.2, 0) is 6.18 Å². The van der Waals surface area contributed by atoms with Crippen LogP contribution in [0.4, 0.5) is 18.9 Å². The first-order chi connectivity index (χ1) is 5.82. The molecular weight excluding hydrogens is 179 g/mol. The number of halogens is 3. The molecule has 1 aromatic carbocycles. The molecule has 72 valence electrons. The van der Waals surface area contributed by atoms with Gasteiger partial charge in [-0.05, 0) is 37.1 Å². The summed E-state index contributed by atoms with van der Waals surface area (Å²) in [6.07, 6.45) is -4.29.